The summed E-state index contributed by atoms with van der Waals surface area (Å²) in [6.45, 7) is 9.54. The average molecular weight is 266 g/mol. The summed E-state index contributed by atoms with van der Waals surface area (Å²) in [5.41, 5.74) is 0.976. The van der Waals surface area contributed by atoms with Crippen LogP contribution in [0.5, 0.6) is 0 Å². The lowest BCUT2D eigenvalue weighted by Gasteiger charge is -2.18. The Kier molecular flexibility index (Phi) is 7.36. The maximum absolute atomic E-state index is 5.52. The summed E-state index contributed by atoms with van der Waals surface area (Å²) in [5, 5.41) is 11.8. The summed E-state index contributed by atoms with van der Waals surface area (Å²) in [6.07, 6.45) is 1.40. The smallest absolute Gasteiger partial charge is 0.151 e. The molecule has 1 aromatic rings. The third-order valence-corrected chi connectivity index (χ3v) is 2.71. The van der Waals surface area contributed by atoms with Gasteiger partial charge in [-0.2, -0.15) is 5.10 Å². The van der Waals surface area contributed by atoms with Crippen LogP contribution in [-0.4, -0.2) is 43.0 Å². The van der Waals surface area contributed by atoms with Crippen LogP contribution in [0.1, 0.15) is 32.9 Å². The summed E-state index contributed by atoms with van der Waals surface area (Å²) in [4.78, 5) is 2.05. The van der Waals surface area contributed by atoms with E-state index in [4.69, 9.17) is 4.74 Å². The molecule has 0 radical (unpaired) electrons. The molecule has 0 fully saturated rings. The minimum atomic E-state index is 0.270. The summed E-state index contributed by atoms with van der Waals surface area (Å²) < 4.78 is 5.52. The van der Waals surface area contributed by atoms with Gasteiger partial charge in [-0.1, -0.05) is 6.92 Å². The molecule has 5 heteroatoms. The number of nitrogens with zero attached hydrogens (tertiary/aromatic N) is 3. The molecule has 108 valence electrons. The highest BCUT2D eigenvalue weighted by molar-refractivity contribution is 5.35. The Hall–Kier alpha value is -1.20. The van der Waals surface area contributed by atoms with Gasteiger partial charge in [-0.25, -0.2) is 0 Å². The van der Waals surface area contributed by atoms with Gasteiger partial charge in [-0.05, 0) is 38.9 Å². The van der Waals surface area contributed by atoms with Gasteiger partial charge in [0.25, 0.3) is 0 Å². The molecule has 1 heterocycles. The van der Waals surface area contributed by atoms with E-state index in [1.807, 2.05) is 33.0 Å². The van der Waals surface area contributed by atoms with E-state index in [1.54, 1.807) is 0 Å². The number of likely N-dealkylation sites (N-methyl/N-ethyl adjacent to an activating group) is 1. The van der Waals surface area contributed by atoms with Gasteiger partial charge in [0.05, 0.1) is 18.4 Å². The fraction of sp³-hybridized carbons (Fsp3) is 0.714. The summed E-state index contributed by atoms with van der Waals surface area (Å²) in [5.74, 6) is 0.881. The van der Waals surface area contributed by atoms with Crippen molar-refractivity contribution in [3.05, 3.63) is 17.8 Å². The van der Waals surface area contributed by atoms with Crippen LogP contribution >= 0.6 is 0 Å². The average Bonchev–Trinajstić information content (AvgIpc) is 2.39. The first-order valence-electron chi connectivity index (χ1n) is 6.99. The predicted molar refractivity (Wildman–Crippen MR) is 78.4 cm³/mol. The van der Waals surface area contributed by atoms with Gasteiger partial charge < -0.3 is 15.0 Å². The number of ether oxygens (including phenoxy) is 1. The van der Waals surface area contributed by atoms with Gasteiger partial charge in [-0.15, -0.1) is 5.10 Å². The van der Waals surface area contributed by atoms with Gasteiger partial charge in [0, 0.05) is 20.1 Å². The van der Waals surface area contributed by atoms with Crippen molar-refractivity contribution in [3.8, 4) is 0 Å². The van der Waals surface area contributed by atoms with Crippen molar-refractivity contribution >= 4 is 5.82 Å². The highest BCUT2D eigenvalue weighted by Gasteiger charge is 2.04. The van der Waals surface area contributed by atoms with Crippen molar-refractivity contribution < 1.29 is 4.74 Å². The van der Waals surface area contributed by atoms with Crippen molar-refractivity contribution in [1.29, 1.82) is 0 Å². The van der Waals surface area contributed by atoms with Crippen molar-refractivity contribution in [2.45, 2.75) is 39.8 Å². The normalized spacial score (nSPS) is 11.0. The van der Waals surface area contributed by atoms with Crippen LogP contribution < -0.4 is 10.2 Å². The highest BCUT2D eigenvalue weighted by Crippen LogP contribution is 2.07. The first-order chi connectivity index (χ1) is 9.13. The molecule has 19 heavy (non-hydrogen) atoms. The SMILES string of the molecule is CCCNCc1ccc(N(C)CCOC(C)C)nn1. The van der Waals surface area contributed by atoms with Crippen LogP contribution in [0.3, 0.4) is 0 Å². The zero-order chi connectivity index (χ0) is 14.1. The second kappa shape index (κ2) is 8.82. The molecule has 0 atom stereocenters. The molecular formula is C14H26N4O. The molecule has 1 rings (SSSR count). The van der Waals surface area contributed by atoms with Crippen LogP contribution in [0.25, 0.3) is 0 Å². The third kappa shape index (κ3) is 6.50. The lowest BCUT2D eigenvalue weighted by molar-refractivity contribution is 0.0845. The summed E-state index contributed by atoms with van der Waals surface area (Å²) >= 11 is 0. The van der Waals surface area contributed by atoms with E-state index >= 15 is 0 Å². The second-order valence-electron chi connectivity index (χ2n) is 4.90. The molecule has 1 aromatic heterocycles. The van der Waals surface area contributed by atoms with Gasteiger partial charge in [0.15, 0.2) is 5.82 Å². The van der Waals surface area contributed by atoms with Crippen molar-refractivity contribution in [1.82, 2.24) is 15.5 Å². The van der Waals surface area contributed by atoms with Crippen molar-refractivity contribution in [3.63, 3.8) is 0 Å². The molecule has 0 unspecified atom stereocenters. The molecular weight excluding hydrogens is 240 g/mol. The van der Waals surface area contributed by atoms with Crippen LogP contribution in [0.15, 0.2) is 12.1 Å². The Morgan fingerprint density at radius 1 is 1.32 bits per heavy atom. The molecule has 5 nitrogen and oxygen atoms in total. The van der Waals surface area contributed by atoms with Crippen LogP contribution in [-0.2, 0) is 11.3 Å². The highest BCUT2D eigenvalue weighted by atomic mass is 16.5. The monoisotopic (exact) mass is 266 g/mol. The predicted octanol–water partition coefficient (Wildman–Crippen LogP) is 1.84. The molecule has 1 N–H and O–H groups in total. The number of hydrogen-bond acceptors (Lipinski definition) is 5. The maximum Gasteiger partial charge on any atom is 0.151 e. The van der Waals surface area contributed by atoms with Crippen LogP contribution in [0.4, 0.5) is 5.82 Å². The zero-order valence-electron chi connectivity index (χ0n) is 12.5. The first kappa shape index (κ1) is 15.9. The fourth-order valence-corrected chi connectivity index (χ4v) is 1.58. The number of nitrogens with one attached hydrogen (secondary N) is 1. The molecule has 0 aliphatic heterocycles. The standard InChI is InChI=1S/C14H26N4O/c1-5-8-15-11-13-6-7-14(17-16-13)18(4)9-10-19-12(2)3/h6-7,12,15H,5,8-11H2,1-4H3. The van der Waals surface area contributed by atoms with E-state index in [0.717, 1.165) is 37.6 Å². The van der Waals surface area contributed by atoms with Crippen molar-refractivity contribution in [2.75, 3.05) is 31.6 Å². The molecule has 0 aliphatic rings. The summed E-state index contributed by atoms with van der Waals surface area (Å²) in [7, 11) is 2.00. The van der Waals surface area contributed by atoms with E-state index in [2.05, 4.69) is 27.3 Å². The van der Waals surface area contributed by atoms with E-state index in [9.17, 15) is 0 Å². The number of aromatic nitrogens is 2. The van der Waals surface area contributed by atoms with Gasteiger partial charge in [0.2, 0.25) is 0 Å². The first-order valence-corrected chi connectivity index (χ1v) is 6.99. The topological polar surface area (TPSA) is 50.3 Å². The molecule has 0 saturated heterocycles. The Morgan fingerprint density at radius 2 is 2.11 bits per heavy atom. The van der Waals surface area contributed by atoms with E-state index in [0.29, 0.717) is 6.61 Å². The zero-order valence-corrected chi connectivity index (χ0v) is 12.5. The molecule has 0 saturated carbocycles. The lowest BCUT2D eigenvalue weighted by atomic mass is 10.3. The minimum absolute atomic E-state index is 0.270. The quantitative estimate of drug-likeness (QED) is 0.691. The van der Waals surface area contributed by atoms with Crippen molar-refractivity contribution in [2.24, 2.45) is 0 Å². The molecule has 0 amide bonds. The van der Waals surface area contributed by atoms with Crippen LogP contribution in [0, 0.1) is 0 Å². The van der Waals surface area contributed by atoms with E-state index in [1.165, 1.54) is 0 Å². The van der Waals surface area contributed by atoms with E-state index < -0.39 is 0 Å². The fourth-order valence-electron chi connectivity index (χ4n) is 1.58. The minimum Gasteiger partial charge on any atom is -0.377 e. The van der Waals surface area contributed by atoms with Gasteiger partial charge >= 0.3 is 0 Å². The Labute approximate surface area is 116 Å². The maximum atomic E-state index is 5.52. The second-order valence-corrected chi connectivity index (χ2v) is 4.90. The Morgan fingerprint density at radius 3 is 2.68 bits per heavy atom. The number of hydrogen-bond donors (Lipinski definition) is 1. The number of rotatable bonds is 9. The molecule has 0 spiro atoms. The van der Waals surface area contributed by atoms with Gasteiger partial charge in [0.1, 0.15) is 0 Å². The Balaban J connectivity index is 2.37. The lowest BCUT2D eigenvalue weighted by Crippen LogP contribution is -2.25. The molecule has 0 aliphatic carbocycles. The number of anilines is 1. The van der Waals surface area contributed by atoms with Gasteiger partial charge in [-0.3, -0.25) is 0 Å². The third-order valence-electron chi connectivity index (χ3n) is 2.71. The molecule has 0 bridgehead atoms. The summed E-state index contributed by atoms with van der Waals surface area (Å²) in [6, 6.07) is 4.02. The largest absolute Gasteiger partial charge is 0.377 e. The Bertz CT molecular complexity index is 340. The van der Waals surface area contributed by atoms with E-state index in [-0.39, 0.29) is 6.10 Å². The van der Waals surface area contributed by atoms with Crippen LogP contribution in [0.2, 0.25) is 0 Å². The molecule has 0 aromatic carbocycles.